The highest BCUT2D eigenvalue weighted by Crippen LogP contribution is 2.28. The lowest BCUT2D eigenvalue weighted by molar-refractivity contribution is 0.601. The zero-order valence-electron chi connectivity index (χ0n) is 11.6. The Balaban J connectivity index is 2.31. The number of hydrogen-bond donors (Lipinski definition) is 1. The summed E-state index contributed by atoms with van der Waals surface area (Å²) in [5, 5.41) is 0.703. The highest BCUT2D eigenvalue weighted by atomic mass is 35.5. The number of sulfonamides is 1. The van der Waals surface area contributed by atoms with Crippen LogP contribution in [0, 0.1) is 0 Å². The molecule has 0 spiro atoms. The van der Waals surface area contributed by atoms with Gasteiger partial charge in [0, 0.05) is 5.02 Å². The third kappa shape index (κ3) is 3.90. The van der Waals surface area contributed by atoms with Crippen LogP contribution in [0.4, 0.5) is 5.69 Å². The van der Waals surface area contributed by atoms with Crippen LogP contribution in [-0.2, 0) is 10.0 Å². The first-order chi connectivity index (χ1) is 9.79. The van der Waals surface area contributed by atoms with Crippen LogP contribution in [-0.4, -0.2) is 8.42 Å². The number of anilines is 1. The van der Waals surface area contributed by atoms with E-state index in [1.807, 2.05) is 13.8 Å². The first kappa shape index (κ1) is 16.1. The Morgan fingerprint density at radius 1 is 1.00 bits per heavy atom. The summed E-state index contributed by atoms with van der Waals surface area (Å²) in [6.07, 6.45) is 0. The maximum atomic E-state index is 12.3. The summed E-state index contributed by atoms with van der Waals surface area (Å²) in [7, 11) is -3.69. The van der Waals surface area contributed by atoms with Crippen LogP contribution >= 0.6 is 23.2 Å². The topological polar surface area (TPSA) is 46.2 Å². The average molecular weight is 344 g/mol. The third-order valence-electron chi connectivity index (χ3n) is 3.03. The molecule has 0 heterocycles. The molecule has 0 aliphatic carbocycles. The van der Waals surface area contributed by atoms with Crippen LogP contribution in [0.1, 0.15) is 25.3 Å². The van der Waals surface area contributed by atoms with Crippen molar-refractivity contribution in [2.75, 3.05) is 4.72 Å². The molecule has 0 amide bonds. The van der Waals surface area contributed by atoms with Gasteiger partial charge in [-0.25, -0.2) is 8.42 Å². The summed E-state index contributed by atoms with van der Waals surface area (Å²) >= 11 is 11.8. The molecule has 0 unspecified atom stereocenters. The minimum atomic E-state index is -3.69. The summed E-state index contributed by atoms with van der Waals surface area (Å²) in [5.41, 5.74) is 1.34. The summed E-state index contributed by atoms with van der Waals surface area (Å²) in [6, 6.07) is 11.4. The minimum absolute atomic E-state index is 0.183. The van der Waals surface area contributed by atoms with Crippen molar-refractivity contribution in [1.82, 2.24) is 0 Å². The van der Waals surface area contributed by atoms with Crippen LogP contribution in [0.25, 0.3) is 0 Å². The monoisotopic (exact) mass is 343 g/mol. The molecular weight excluding hydrogens is 329 g/mol. The molecule has 0 aromatic heterocycles. The van der Waals surface area contributed by atoms with E-state index in [4.69, 9.17) is 23.2 Å². The Morgan fingerprint density at radius 3 is 2.19 bits per heavy atom. The van der Waals surface area contributed by atoms with Gasteiger partial charge in [0.15, 0.2) is 0 Å². The fourth-order valence-electron chi connectivity index (χ4n) is 1.81. The largest absolute Gasteiger partial charge is 0.278 e. The number of benzene rings is 2. The van der Waals surface area contributed by atoms with Crippen molar-refractivity contribution in [3.05, 3.63) is 58.1 Å². The van der Waals surface area contributed by atoms with E-state index in [1.165, 1.54) is 6.07 Å². The van der Waals surface area contributed by atoms with Gasteiger partial charge in [0.25, 0.3) is 10.0 Å². The highest BCUT2D eigenvalue weighted by molar-refractivity contribution is 7.92. The Bertz CT molecular complexity index is 741. The van der Waals surface area contributed by atoms with E-state index in [9.17, 15) is 8.42 Å². The van der Waals surface area contributed by atoms with Crippen molar-refractivity contribution < 1.29 is 8.42 Å². The van der Waals surface area contributed by atoms with Gasteiger partial charge in [-0.05, 0) is 41.8 Å². The van der Waals surface area contributed by atoms with Crippen LogP contribution < -0.4 is 4.72 Å². The number of hydrogen-bond acceptors (Lipinski definition) is 2. The van der Waals surface area contributed by atoms with E-state index >= 15 is 0 Å². The number of halogens is 2. The normalized spacial score (nSPS) is 11.7. The Kier molecular flexibility index (Phi) is 4.81. The molecule has 0 fully saturated rings. The lowest BCUT2D eigenvalue weighted by atomic mass is 10.0. The zero-order valence-corrected chi connectivity index (χ0v) is 13.9. The second-order valence-corrected chi connectivity index (χ2v) is 7.48. The van der Waals surface area contributed by atoms with E-state index in [0.29, 0.717) is 16.0 Å². The van der Waals surface area contributed by atoms with Gasteiger partial charge in [-0.1, -0.05) is 49.2 Å². The van der Waals surface area contributed by atoms with E-state index < -0.39 is 10.0 Å². The van der Waals surface area contributed by atoms with E-state index in [2.05, 4.69) is 4.72 Å². The second kappa shape index (κ2) is 6.26. The fourth-order valence-corrected chi connectivity index (χ4v) is 3.27. The van der Waals surface area contributed by atoms with E-state index in [-0.39, 0.29) is 10.6 Å². The van der Waals surface area contributed by atoms with Crippen LogP contribution in [0.5, 0.6) is 0 Å². The SMILES string of the molecule is CC(C)c1ccc(S(=O)(=O)Nc2cc(Cl)ccc2Cl)cc1. The van der Waals surface area contributed by atoms with Gasteiger partial charge in [-0.3, -0.25) is 4.72 Å². The predicted octanol–water partition coefficient (Wildman–Crippen LogP) is 4.92. The Morgan fingerprint density at radius 2 is 1.62 bits per heavy atom. The quantitative estimate of drug-likeness (QED) is 0.856. The molecule has 0 saturated carbocycles. The van der Waals surface area contributed by atoms with Gasteiger partial charge in [-0.2, -0.15) is 0 Å². The van der Waals surface area contributed by atoms with Gasteiger partial charge >= 0.3 is 0 Å². The number of nitrogens with one attached hydrogen (secondary N) is 1. The van der Waals surface area contributed by atoms with Crippen molar-refractivity contribution in [2.24, 2.45) is 0 Å². The van der Waals surface area contributed by atoms with Gasteiger partial charge in [0.1, 0.15) is 0 Å². The van der Waals surface area contributed by atoms with E-state index in [0.717, 1.165) is 5.56 Å². The lowest BCUT2D eigenvalue weighted by Crippen LogP contribution is -2.13. The molecule has 2 rings (SSSR count). The zero-order chi connectivity index (χ0) is 15.6. The molecule has 112 valence electrons. The maximum Gasteiger partial charge on any atom is 0.261 e. The summed E-state index contributed by atoms with van der Waals surface area (Å²) in [6.45, 7) is 4.10. The van der Waals surface area contributed by atoms with Crippen molar-refractivity contribution in [3.63, 3.8) is 0 Å². The third-order valence-corrected chi connectivity index (χ3v) is 4.98. The first-order valence-electron chi connectivity index (χ1n) is 6.37. The fraction of sp³-hybridized carbons (Fsp3) is 0.200. The molecule has 6 heteroatoms. The molecule has 0 aliphatic heterocycles. The highest BCUT2D eigenvalue weighted by Gasteiger charge is 2.16. The van der Waals surface area contributed by atoms with Crippen molar-refractivity contribution in [2.45, 2.75) is 24.7 Å². The van der Waals surface area contributed by atoms with Gasteiger partial charge < -0.3 is 0 Å². The van der Waals surface area contributed by atoms with Gasteiger partial charge in [0.2, 0.25) is 0 Å². The van der Waals surface area contributed by atoms with Crippen molar-refractivity contribution in [3.8, 4) is 0 Å². The molecule has 1 N–H and O–H groups in total. The summed E-state index contributed by atoms with van der Waals surface area (Å²) in [5.74, 6) is 0.345. The summed E-state index contributed by atoms with van der Waals surface area (Å²) < 4.78 is 27.1. The molecule has 0 atom stereocenters. The smallest absolute Gasteiger partial charge is 0.261 e. The molecule has 21 heavy (non-hydrogen) atoms. The molecule has 2 aromatic rings. The second-order valence-electron chi connectivity index (χ2n) is 4.95. The average Bonchev–Trinajstić information content (AvgIpc) is 2.43. The Hall–Kier alpha value is -1.23. The Labute approximate surface area is 135 Å². The van der Waals surface area contributed by atoms with Gasteiger partial charge in [0.05, 0.1) is 15.6 Å². The van der Waals surface area contributed by atoms with Crippen LogP contribution in [0.2, 0.25) is 10.0 Å². The van der Waals surface area contributed by atoms with Crippen LogP contribution in [0.3, 0.4) is 0 Å². The lowest BCUT2D eigenvalue weighted by Gasteiger charge is -2.11. The molecule has 0 bridgehead atoms. The molecule has 0 saturated heterocycles. The molecular formula is C15H15Cl2NO2S. The molecule has 0 radical (unpaired) electrons. The van der Waals surface area contributed by atoms with Crippen LogP contribution in [0.15, 0.2) is 47.4 Å². The first-order valence-corrected chi connectivity index (χ1v) is 8.61. The molecule has 2 aromatic carbocycles. The summed E-state index contributed by atoms with van der Waals surface area (Å²) in [4.78, 5) is 0.183. The predicted molar refractivity (Wildman–Crippen MR) is 87.8 cm³/mol. The minimum Gasteiger partial charge on any atom is -0.278 e. The van der Waals surface area contributed by atoms with Gasteiger partial charge in [-0.15, -0.1) is 0 Å². The number of rotatable bonds is 4. The maximum absolute atomic E-state index is 12.3. The standard InChI is InChI=1S/C15H15Cl2NO2S/c1-10(2)11-3-6-13(7-4-11)21(19,20)18-15-9-12(16)5-8-14(15)17/h3-10,18H,1-2H3. The molecule has 3 nitrogen and oxygen atoms in total. The molecule has 0 aliphatic rings. The van der Waals surface area contributed by atoms with Crippen molar-refractivity contribution in [1.29, 1.82) is 0 Å². The van der Waals surface area contributed by atoms with Crippen molar-refractivity contribution >= 4 is 38.9 Å². The van der Waals surface area contributed by atoms with E-state index in [1.54, 1.807) is 36.4 Å².